The predicted octanol–water partition coefficient (Wildman–Crippen LogP) is 2.69. The van der Waals surface area contributed by atoms with Crippen molar-refractivity contribution in [2.45, 2.75) is 17.6 Å². The molecule has 0 fully saturated rings. The first-order valence-corrected chi connectivity index (χ1v) is 7.37. The van der Waals surface area contributed by atoms with Gasteiger partial charge in [0, 0.05) is 5.69 Å². The normalized spacial score (nSPS) is 11.5. The molecular weight excluding hydrogens is 265 g/mol. The molecule has 2 aromatic rings. The van der Waals surface area contributed by atoms with Crippen molar-refractivity contribution in [2.24, 2.45) is 0 Å². The molecule has 2 aromatic carbocycles. The van der Waals surface area contributed by atoms with Gasteiger partial charge in [-0.25, -0.2) is 12.8 Å². The van der Waals surface area contributed by atoms with Gasteiger partial charge in [-0.05, 0) is 42.3 Å². The van der Waals surface area contributed by atoms with Gasteiger partial charge >= 0.3 is 0 Å². The molecule has 5 heteroatoms. The Balaban J connectivity index is 2.43. The lowest BCUT2D eigenvalue weighted by molar-refractivity contribution is 0.594. The Hall–Kier alpha value is -1.88. The molecule has 0 bridgehead atoms. The number of hydrogen-bond acceptors (Lipinski definition) is 3. The van der Waals surface area contributed by atoms with Gasteiger partial charge < -0.3 is 5.73 Å². The third-order valence-electron chi connectivity index (χ3n) is 2.88. The predicted molar refractivity (Wildman–Crippen MR) is 72.9 cm³/mol. The number of nitrogen functional groups attached to an aromatic ring is 1. The van der Waals surface area contributed by atoms with Gasteiger partial charge in [-0.15, -0.1) is 0 Å². The summed E-state index contributed by atoms with van der Waals surface area (Å²) in [5, 5.41) is 0. The first-order valence-electron chi connectivity index (χ1n) is 5.72. The summed E-state index contributed by atoms with van der Waals surface area (Å²) < 4.78 is 37.8. The van der Waals surface area contributed by atoms with E-state index < -0.39 is 15.7 Å². The molecule has 0 spiro atoms. The van der Waals surface area contributed by atoms with Gasteiger partial charge in [0.2, 0.25) is 0 Å². The highest BCUT2D eigenvalue weighted by atomic mass is 32.2. The second-order valence-electron chi connectivity index (χ2n) is 4.37. The monoisotopic (exact) mass is 279 g/mol. The van der Waals surface area contributed by atoms with E-state index in [0.717, 1.165) is 6.07 Å². The van der Waals surface area contributed by atoms with Crippen molar-refractivity contribution in [3.8, 4) is 0 Å². The summed E-state index contributed by atoms with van der Waals surface area (Å²) in [5.74, 6) is -0.800. The summed E-state index contributed by atoms with van der Waals surface area (Å²) in [7, 11) is -3.53. The SMILES string of the molecule is Cc1ccccc1S(=O)(=O)Cc1cc(F)ccc1N. The number of anilines is 1. The van der Waals surface area contributed by atoms with Crippen LogP contribution in [0, 0.1) is 12.7 Å². The van der Waals surface area contributed by atoms with E-state index in [-0.39, 0.29) is 21.9 Å². The zero-order valence-corrected chi connectivity index (χ0v) is 11.2. The van der Waals surface area contributed by atoms with Crippen LogP contribution in [0.25, 0.3) is 0 Å². The van der Waals surface area contributed by atoms with Crippen molar-refractivity contribution in [3.05, 3.63) is 59.4 Å². The fourth-order valence-corrected chi connectivity index (χ4v) is 3.55. The second-order valence-corrected chi connectivity index (χ2v) is 6.33. The summed E-state index contributed by atoms with van der Waals surface area (Å²) in [6, 6.07) is 10.4. The van der Waals surface area contributed by atoms with Gasteiger partial charge in [0.1, 0.15) is 5.82 Å². The second kappa shape index (κ2) is 5.01. The number of sulfone groups is 1. The number of nitrogens with two attached hydrogens (primary N) is 1. The highest BCUT2D eigenvalue weighted by Crippen LogP contribution is 2.23. The standard InChI is InChI=1S/C14H14FNO2S/c1-10-4-2-3-5-14(10)19(17,18)9-11-8-12(15)6-7-13(11)16/h2-8H,9,16H2,1H3. The van der Waals surface area contributed by atoms with Crippen molar-refractivity contribution in [1.29, 1.82) is 0 Å². The molecule has 0 aromatic heterocycles. The molecule has 0 heterocycles. The molecular formula is C14H14FNO2S. The molecule has 0 saturated carbocycles. The lowest BCUT2D eigenvalue weighted by Gasteiger charge is -2.09. The Morgan fingerprint density at radius 2 is 1.84 bits per heavy atom. The van der Waals surface area contributed by atoms with Gasteiger partial charge in [0.05, 0.1) is 10.6 Å². The Bertz CT molecular complexity index is 711. The van der Waals surface area contributed by atoms with Crippen LogP contribution >= 0.6 is 0 Å². The minimum atomic E-state index is -3.53. The zero-order valence-electron chi connectivity index (χ0n) is 10.4. The lowest BCUT2D eigenvalue weighted by atomic mass is 10.2. The fraction of sp³-hybridized carbons (Fsp3) is 0.143. The smallest absolute Gasteiger partial charge is 0.182 e. The van der Waals surface area contributed by atoms with Crippen LogP contribution in [0.5, 0.6) is 0 Å². The van der Waals surface area contributed by atoms with Crippen LogP contribution < -0.4 is 5.73 Å². The number of rotatable bonds is 3. The van der Waals surface area contributed by atoms with Crippen molar-refractivity contribution in [3.63, 3.8) is 0 Å². The summed E-state index contributed by atoms with van der Waals surface area (Å²) in [4.78, 5) is 0.249. The average molecular weight is 279 g/mol. The molecule has 0 aliphatic rings. The quantitative estimate of drug-likeness (QED) is 0.879. The van der Waals surface area contributed by atoms with E-state index in [2.05, 4.69) is 0 Å². The van der Waals surface area contributed by atoms with E-state index in [1.807, 2.05) is 0 Å². The zero-order chi connectivity index (χ0) is 14.0. The summed E-state index contributed by atoms with van der Waals surface area (Å²) in [6.07, 6.45) is 0. The van der Waals surface area contributed by atoms with E-state index in [9.17, 15) is 12.8 Å². The number of hydrogen-bond donors (Lipinski definition) is 1. The summed E-state index contributed by atoms with van der Waals surface area (Å²) in [5.41, 5.74) is 6.90. The van der Waals surface area contributed by atoms with Gasteiger partial charge in [-0.2, -0.15) is 0 Å². The minimum Gasteiger partial charge on any atom is -0.398 e. The molecule has 2 N–H and O–H groups in total. The van der Waals surface area contributed by atoms with Crippen LogP contribution in [-0.2, 0) is 15.6 Å². The van der Waals surface area contributed by atoms with Crippen LogP contribution in [0.3, 0.4) is 0 Å². The molecule has 0 saturated heterocycles. The van der Waals surface area contributed by atoms with Crippen molar-refractivity contribution in [2.75, 3.05) is 5.73 Å². The minimum absolute atomic E-state index is 0.249. The molecule has 0 amide bonds. The molecule has 100 valence electrons. The maximum absolute atomic E-state index is 13.2. The van der Waals surface area contributed by atoms with Gasteiger partial charge in [-0.3, -0.25) is 0 Å². The van der Waals surface area contributed by atoms with Crippen LogP contribution in [0.4, 0.5) is 10.1 Å². The van der Waals surface area contributed by atoms with E-state index >= 15 is 0 Å². The van der Waals surface area contributed by atoms with Crippen molar-refractivity contribution in [1.82, 2.24) is 0 Å². The van der Waals surface area contributed by atoms with Gasteiger partial charge in [0.25, 0.3) is 0 Å². The number of halogens is 1. The molecule has 0 radical (unpaired) electrons. The van der Waals surface area contributed by atoms with Crippen molar-refractivity contribution >= 4 is 15.5 Å². The largest absolute Gasteiger partial charge is 0.398 e. The summed E-state index contributed by atoms with van der Waals surface area (Å²) >= 11 is 0. The molecule has 0 atom stereocenters. The van der Waals surface area contributed by atoms with E-state index in [0.29, 0.717) is 5.56 Å². The molecule has 0 unspecified atom stereocenters. The topological polar surface area (TPSA) is 60.2 Å². The third kappa shape index (κ3) is 2.93. The van der Waals surface area contributed by atoms with Gasteiger partial charge in [-0.1, -0.05) is 18.2 Å². The lowest BCUT2D eigenvalue weighted by Crippen LogP contribution is -2.08. The van der Waals surface area contributed by atoms with Crippen LogP contribution in [0.15, 0.2) is 47.4 Å². The maximum atomic E-state index is 13.2. The first-order chi connectivity index (χ1) is 8.90. The van der Waals surface area contributed by atoms with Gasteiger partial charge in [0.15, 0.2) is 9.84 Å². The Morgan fingerprint density at radius 1 is 1.16 bits per heavy atom. The van der Waals surface area contributed by atoms with Crippen LogP contribution in [0.2, 0.25) is 0 Å². The van der Waals surface area contributed by atoms with E-state index in [4.69, 9.17) is 5.73 Å². The van der Waals surface area contributed by atoms with E-state index in [1.54, 1.807) is 31.2 Å². The molecule has 0 aliphatic heterocycles. The Morgan fingerprint density at radius 3 is 2.53 bits per heavy atom. The van der Waals surface area contributed by atoms with Crippen molar-refractivity contribution < 1.29 is 12.8 Å². The number of aryl methyl sites for hydroxylation is 1. The molecule has 2 rings (SSSR count). The van der Waals surface area contributed by atoms with Crippen LogP contribution in [0.1, 0.15) is 11.1 Å². The first kappa shape index (κ1) is 13.5. The summed E-state index contributed by atoms with van der Waals surface area (Å²) in [6.45, 7) is 1.72. The number of benzene rings is 2. The fourth-order valence-electron chi connectivity index (χ4n) is 1.89. The van der Waals surface area contributed by atoms with E-state index in [1.165, 1.54) is 12.1 Å². The third-order valence-corrected chi connectivity index (χ3v) is 4.70. The highest BCUT2D eigenvalue weighted by molar-refractivity contribution is 7.90. The molecule has 0 aliphatic carbocycles. The molecule has 3 nitrogen and oxygen atoms in total. The Kier molecular flexibility index (Phi) is 3.57. The highest BCUT2D eigenvalue weighted by Gasteiger charge is 2.18. The molecule has 19 heavy (non-hydrogen) atoms. The van der Waals surface area contributed by atoms with Crippen LogP contribution in [-0.4, -0.2) is 8.42 Å². The Labute approximate surface area is 111 Å². The maximum Gasteiger partial charge on any atom is 0.182 e. The average Bonchev–Trinajstić information content (AvgIpc) is 2.34.